The maximum absolute atomic E-state index is 6.06. The first-order valence-electron chi connectivity index (χ1n) is 6.95. The predicted molar refractivity (Wildman–Crippen MR) is 89.3 cm³/mol. The summed E-state index contributed by atoms with van der Waals surface area (Å²) in [6.07, 6.45) is 0.991. The van der Waals surface area contributed by atoms with Crippen LogP contribution >= 0.6 is 23.2 Å². The molecule has 0 amide bonds. The van der Waals surface area contributed by atoms with Gasteiger partial charge in [-0.1, -0.05) is 42.3 Å². The van der Waals surface area contributed by atoms with Crippen molar-refractivity contribution in [2.24, 2.45) is 0 Å². The Hall–Kier alpha value is -1.22. The van der Waals surface area contributed by atoms with Crippen molar-refractivity contribution in [3.05, 3.63) is 63.6 Å². The first kappa shape index (κ1) is 16.2. The monoisotopic (exact) mass is 323 g/mol. The highest BCUT2D eigenvalue weighted by Crippen LogP contribution is 2.24. The van der Waals surface area contributed by atoms with Crippen LogP contribution in [0.3, 0.4) is 0 Å². The molecule has 0 saturated carbocycles. The topological polar surface area (TPSA) is 21.3 Å². The van der Waals surface area contributed by atoms with Crippen LogP contribution in [0, 0.1) is 0 Å². The molecule has 2 nitrogen and oxygen atoms in total. The fourth-order valence-corrected chi connectivity index (χ4v) is 2.63. The van der Waals surface area contributed by atoms with Crippen LogP contribution in [0.5, 0.6) is 5.75 Å². The van der Waals surface area contributed by atoms with E-state index in [0.29, 0.717) is 11.6 Å². The number of rotatable bonds is 6. The van der Waals surface area contributed by atoms with Crippen LogP contribution in [0.25, 0.3) is 0 Å². The van der Waals surface area contributed by atoms with Crippen molar-refractivity contribution in [3.63, 3.8) is 0 Å². The van der Waals surface area contributed by atoms with Crippen molar-refractivity contribution in [1.82, 2.24) is 5.32 Å². The SMILES string of the molecule is CCC(NCc1cc(Cl)ccc1OC)c1ccc(Cl)cc1. The molecule has 0 aromatic heterocycles. The fraction of sp³-hybridized carbons (Fsp3) is 0.294. The van der Waals surface area contributed by atoms with Crippen molar-refractivity contribution in [1.29, 1.82) is 0 Å². The highest BCUT2D eigenvalue weighted by atomic mass is 35.5. The fourth-order valence-electron chi connectivity index (χ4n) is 2.31. The summed E-state index contributed by atoms with van der Waals surface area (Å²) in [4.78, 5) is 0. The smallest absolute Gasteiger partial charge is 0.123 e. The van der Waals surface area contributed by atoms with Crippen LogP contribution in [0.15, 0.2) is 42.5 Å². The lowest BCUT2D eigenvalue weighted by molar-refractivity contribution is 0.404. The van der Waals surface area contributed by atoms with E-state index >= 15 is 0 Å². The number of benzene rings is 2. The molecule has 112 valence electrons. The Labute approximate surface area is 136 Å². The van der Waals surface area contributed by atoms with Gasteiger partial charge in [0, 0.05) is 28.2 Å². The van der Waals surface area contributed by atoms with E-state index in [2.05, 4.69) is 24.4 Å². The third-order valence-electron chi connectivity index (χ3n) is 3.46. The molecule has 4 heteroatoms. The summed E-state index contributed by atoms with van der Waals surface area (Å²) in [5.41, 5.74) is 2.28. The van der Waals surface area contributed by atoms with E-state index in [1.165, 1.54) is 5.56 Å². The van der Waals surface area contributed by atoms with Gasteiger partial charge >= 0.3 is 0 Å². The molecule has 2 aromatic carbocycles. The van der Waals surface area contributed by atoms with Crippen LogP contribution in [0.2, 0.25) is 10.0 Å². The Morgan fingerprint density at radius 3 is 2.33 bits per heavy atom. The van der Waals surface area contributed by atoms with Crippen molar-refractivity contribution in [2.75, 3.05) is 7.11 Å². The van der Waals surface area contributed by atoms with E-state index in [1.54, 1.807) is 7.11 Å². The number of hydrogen-bond donors (Lipinski definition) is 1. The zero-order valence-electron chi connectivity index (χ0n) is 12.2. The van der Waals surface area contributed by atoms with Gasteiger partial charge in [-0.25, -0.2) is 0 Å². The van der Waals surface area contributed by atoms with Gasteiger partial charge in [0.05, 0.1) is 7.11 Å². The van der Waals surface area contributed by atoms with E-state index in [1.807, 2.05) is 30.3 Å². The summed E-state index contributed by atoms with van der Waals surface area (Å²) >= 11 is 12.0. The zero-order valence-corrected chi connectivity index (χ0v) is 13.7. The molecule has 0 spiro atoms. The van der Waals surface area contributed by atoms with Crippen molar-refractivity contribution in [3.8, 4) is 5.75 Å². The molecule has 0 aliphatic rings. The summed E-state index contributed by atoms with van der Waals surface area (Å²) in [7, 11) is 1.67. The summed E-state index contributed by atoms with van der Waals surface area (Å²) in [5, 5.41) is 5.01. The summed E-state index contributed by atoms with van der Waals surface area (Å²) in [6, 6.07) is 13.9. The van der Waals surface area contributed by atoms with E-state index in [4.69, 9.17) is 27.9 Å². The molecular formula is C17H19Cl2NO. The van der Waals surface area contributed by atoms with Gasteiger partial charge in [-0.05, 0) is 42.3 Å². The Bertz CT molecular complexity index is 584. The van der Waals surface area contributed by atoms with Crippen LogP contribution in [-0.4, -0.2) is 7.11 Å². The number of hydrogen-bond acceptors (Lipinski definition) is 2. The van der Waals surface area contributed by atoms with Gasteiger partial charge in [0.15, 0.2) is 0 Å². The van der Waals surface area contributed by atoms with E-state index in [9.17, 15) is 0 Å². The van der Waals surface area contributed by atoms with Crippen molar-refractivity contribution in [2.45, 2.75) is 25.9 Å². The second kappa shape index (κ2) is 7.69. The third-order valence-corrected chi connectivity index (χ3v) is 3.95. The molecule has 0 bridgehead atoms. The van der Waals surface area contributed by atoms with Gasteiger partial charge in [-0.2, -0.15) is 0 Å². The van der Waals surface area contributed by atoms with Crippen LogP contribution < -0.4 is 10.1 Å². The molecule has 1 N–H and O–H groups in total. The second-order valence-electron chi connectivity index (χ2n) is 4.85. The minimum absolute atomic E-state index is 0.269. The summed E-state index contributed by atoms with van der Waals surface area (Å²) < 4.78 is 5.37. The molecule has 0 aliphatic heterocycles. The van der Waals surface area contributed by atoms with Gasteiger partial charge in [-0.3, -0.25) is 0 Å². The number of nitrogens with one attached hydrogen (secondary N) is 1. The second-order valence-corrected chi connectivity index (χ2v) is 5.72. The molecule has 0 fully saturated rings. The zero-order chi connectivity index (χ0) is 15.2. The first-order valence-corrected chi connectivity index (χ1v) is 7.71. The lowest BCUT2D eigenvalue weighted by Gasteiger charge is -2.19. The average Bonchev–Trinajstić information content (AvgIpc) is 2.50. The Morgan fingerprint density at radius 2 is 1.71 bits per heavy atom. The van der Waals surface area contributed by atoms with Gasteiger partial charge in [0.2, 0.25) is 0 Å². The van der Waals surface area contributed by atoms with Crippen molar-refractivity contribution >= 4 is 23.2 Å². The molecule has 1 atom stereocenters. The number of ether oxygens (including phenoxy) is 1. The Morgan fingerprint density at radius 1 is 1.05 bits per heavy atom. The molecule has 0 radical (unpaired) electrons. The van der Waals surface area contributed by atoms with Gasteiger partial charge < -0.3 is 10.1 Å². The molecule has 1 unspecified atom stereocenters. The summed E-state index contributed by atoms with van der Waals surface area (Å²) in [6.45, 7) is 2.85. The lowest BCUT2D eigenvalue weighted by atomic mass is 10.0. The molecule has 21 heavy (non-hydrogen) atoms. The van der Waals surface area contributed by atoms with Gasteiger partial charge in [-0.15, -0.1) is 0 Å². The van der Waals surface area contributed by atoms with Crippen LogP contribution in [0.1, 0.15) is 30.5 Å². The first-order chi connectivity index (χ1) is 10.1. The normalized spacial score (nSPS) is 12.2. The Balaban J connectivity index is 2.10. The minimum atomic E-state index is 0.269. The van der Waals surface area contributed by atoms with Crippen LogP contribution in [-0.2, 0) is 6.54 Å². The highest BCUT2D eigenvalue weighted by Gasteiger charge is 2.10. The predicted octanol–water partition coefficient (Wildman–Crippen LogP) is 5.24. The number of methoxy groups -OCH3 is 1. The maximum Gasteiger partial charge on any atom is 0.123 e. The maximum atomic E-state index is 6.06. The highest BCUT2D eigenvalue weighted by molar-refractivity contribution is 6.30. The Kier molecular flexibility index (Phi) is 5.92. The average molecular weight is 324 g/mol. The van der Waals surface area contributed by atoms with E-state index < -0.39 is 0 Å². The van der Waals surface area contributed by atoms with Crippen LogP contribution in [0.4, 0.5) is 0 Å². The van der Waals surface area contributed by atoms with E-state index in [-0.39, 0.29) is 6.04 Å². The largest absolute Gasteiger partial charge is 0.496 e. The number of halogens is 2. The van der Waals surface area contributed by atoms with Crippen molar-refractivity contribution < 1.29 is 4.74 Å². The summed E-state index contributed by atoms with van der Waals surface area (Å²) in [5.74, 6) is 0.845. The quantitative estimate of drug-likeness (QED) is 0.784. The molecule has 0 aliphatic carbocycles. The van der Waals surface area contributed by atoms with Gasteiger partial charge in [0.25, 0.3) is 0 Å². The molecule has 0 saturated heterocycles. The van der Waals surface area contributed by atoms with E-state index in [0.717, 1.165) is 22.8 Å². The molecule has 2 rings (SSSR count). The molecular weight excluding hydrogens is 305 g/mol. The molecule has 0 heterocycles. The lowest BCUT2D eigenvalue weighted by Crippen LogP contribution is -2.20. The van der Waals surface area contributed by atoms with Gasteiger partial charge in [0.1, 0.15) is 5.75 Å². The molecule has 2 aromatic rings. The minimum Gasteiger partial charge on any atom is -0.496 e. The third kappa shape index (κ3) is 4.37. The standard InChI is InChI=1S/C17H19Cl2NO/c1-3-16(12-4-6-14(18)7-5-12)20-11-13-10-15(19)8-9-17(13)21-2/h4-10,16,20H,3,11H2,1-2H3.